The molecule has 1 aromatic carbocycles. The van der Waals surface area contributed by atoms with Gasteiger partial charge in [-0.1, -0.05) is 12.1 Å². The van der Waals surface area contributed by atoms with Gasteiger partial charge >= 0.3 is 0 Å². The highest BCUT2D eigenvalue weighted by atomic mass is 16.5. The van der Waals surface area contributed by atoms with Crippen LogP contribution in [0.1, 0.15) is 46.4 Å². The highest BCUT2D eigenvalue weighted by Crippen LogP contribution is 2.24. The maximum atomic E-state index is 13.0. The third-order valence-electron chi connectivity index (χ3n) is 5.37. The number of pyridine rings is 1. The molecule has 28 heavy (non-hydrogen) atoms. The fourth-order valence-corrected chi connectivity index (χ4v) is 3.78. The van der Waals surface area contributed by atoms with Crippen molar-refractivity contribution in [3.8, 4) is 11.8 Å². The summed E-state index contributed by atoms with van der Waals surface area (Å²) in [6.45, 7) is 3.10. The van der Waals surface area contributed by atoms with Crippen LogP contribution in [0.15, 0.2) is 35.1 Å². The summed E-state index contributed by atoms with van der Waals surface area (Å²) in [7, 11) is 1.67. The number of likely N-dealkylation sites (tertiary alicyclic amines) is 1. The third kappa shape index (κ3) is 4.42. The lowest BCUT2D eigenvalue weighted by Crippen LogP contribution is -2.40. The number of amides is 1. The average Bonchev–Trinajstić information content (AvgIpc) is 2.72. The summed E-state index contributed by atoms with van der Waals surface area (Å²) in [6.07, 6.45) is 4.01. The summed E-state index contributed by atoms with van der Waals surface area (Å²) in [6, 6.07) is 11.4. The minimum atomic E-state index is -0.452. The minimum absolute atomic E-state index is 0.0273. The smallest absolute Gasteiger partial charge is 0.266 e. The Morgan fingerprint density at radius 2 is 2.21 bits per heavy atom. The van der Waals surface area contributed by atoms with Gasteiger partial charge in [0.2, 0.25) is 0 Å². The van der Waals surface area contributed by atoms with Crippen molar-refractivity contribution in [2.24, 2.45) is 5.92 Å². The number of H-pyrrole nitrogens is 1. The summed E-state index contributed by atoms with van der Waals surface area (Å²) >= 11 is 0. The molecule has 1 atom stereocenters. The van der Waals surface area contributed by atoms with E-state index in [4.69, 9.17) is 10.00 Å². The zero-order chi connectivity index (χ0) is 20.1. The van der Waals surface area contributed by atoms with Gasteiger partial charge in [-0.15, -0.1) is 0 Å². The van der Waals surface area contributed by atoms with Crippen LogP contribution >= 0.6 is 0 Å². The van der Waals surface area contributed by atoms with Gasteiger partial charge in [0.05, 0.1) is 12.7 Å². The topological polar surface area (TPSA) is 86.2 Å². The lowest BCUT2D eigenvalue weighted by molar-refractivity contribution is 0.0667. The van der Waals surface area contributed by atoms with Crippen LogP contribution in [-0.4, -0.2) is 36.0 Å². The quantitative estimate of drug-likeness (QED) is 0.865. The highest BCUT2D eigenvalue weighted by molar-refractivity contribution is 5.95. The summed E-state index contributed by atoms with van der Waals surface area (Å²) in [5.41, 5.74) is 1.67. The number of ether oxygens (including phenoxy) is 1. The molecule has 0 bridgehead atoms. The lowest BCUT2D eigenvalue weighted by atomic mass is 9.91. The first kappa shape index (κ1) is 19.7. The van der Waals surface area contributed by atoms with Crippen molar-refractivity contribution in [3.63, 3.8) is 0 Å². The van der Waals surface area contributed by atoms with Crippen LogP contribution in [0.3, 0.4) is 0 Å². The SMILES string of the molecule is COc1cccc(CC[C@@H]2CCCN(C(=O)c3cc(C#N)c(=O)[nH]c3C)C2)c1. The van der Waals surface area contributed by atoms with E-state index in [1.165, 1.54) is 11.6 Å². The van der Waals surface area contributed by atoms with E-state index in [2.05, 4.69) is 17.1 Å². The van der Waals surface area contributed by atoms with Gasteiger partial charge in [0.15, 0.2) is 0 Å². The van der Waals surface area contributed by atoms with E-state index in [0.29, 0.717) is 30.3 Å². The van der Waals surface area contributed by atoms with Crippen molar-refractivity contribution < 1.29 is 9.53 Å². The zero-order valence-electron chi connectivity index (χ0n) is 16.3. The van der Waals surface area contributed by atoms with Gasteiger partial charge in [-0.3, -0.25) is 9.59 Å². The van der Waals surface area contributed by atoms with Gasteiger partial charge in [0.1, 0.15) is 17.4 Å². The Morgan fingerprint density at radius 1 is 1.39 bits per heavy atom. The van der Waals surface area contributed by atoms with E-state index in [0.717, 1.165) is 31.4 Å². The molecule has 2 aromatic rings. The number of aromatic amines is 1. The molecule has 0 aliphatic carbocycles. The number of nitrogens with zero attached hydrogens (tertiary/aromatic N) is 2. The molecule has 146 valence electrons. The molecule has 0 spiro atoms. The summed E-state index contributed by atoms with van der Waals surface area (Å²) < 4.78 is 5.28. The molecule has 1 aliphatic rings. The predicted molar refractivity (Wildman–Crippen MR) is 106 cm³/mol. The number of hydrogen-bond acceptors (Lipinski definition) is 4. The Labute approximate surface area is 164 Å². The average molecular weight is 379 g/mol. The molecule has 1 aliphatic heterocycles. The Morgan fingerprint density at radius 3 is 2.96 bits per heavy atom. The first-order valence-corrected chi connectivity index (χ1v) is 9.58. The number of benzene rings is 1. The Hall–Kier alpha value is -3.07. The fraction of sp³-hybridized carbons (Fsp3) is 0.409. The van der Waals surface area contributed by atoms with Gasteiger partial charge in [-0.05, 0) is 62.3 Å². The maximum absolute atomic E-state index is 13.0. The second-order valence-corrected chi connectivity index (χ2v) is 7.31. The molecule has 1 N–H and O–H groups in total. The molecule has 6 heteroatoms. The van der Waals surface area contributed by atoms with E-state index < -0.39 is 5.56 Å². The van der Waals surface area contributed by atoms with Gasteiger partial charge in [-0.25, -0.2) is 0 Å². The van der Waals surface area contributed by atoms with E-state index >= 15 is 0 Å². The normalized spacial score (nSPS) is 16.5. The van der Waals surface area contributed by atoms with E-state index in [1.807, 2.05) is 23.1 Å². The number of hydrogen-bond donors (Lipinski definition) is 1. The second-order valence-electron chi connectivity index (χ2n) is 7.31. The molecule has 1 fully saturated rings. The number of nitrogens with one attached hydrogen (secondary N) is 1. The molecule has 0 unspecified atom stereocenters. The monoisotopic (exact) mass is 379 g/mol. The predicted octanol–water partition coefficient (Wildman–Crippen LogP) is 3.05. The summed E-state index contributed by atoms with van der Waals surface area (Å²) in [4.78, 5) is 29.2. The molecule has 0 saturated carbocycles. The number of aromatic nitrogens is 1. The first-order chi connectivity index (χ1) is 13.5. The van der Waals surface area contributed by atoms with E-state index in [-0.39, 0.29) is 11.5 Å². The van der Waals surface area contributed by atoms with E-state index in [1.54, 1.807) is 14.0 Å². The molecular formula is C22H25N3O3. The Bertz CT molecular complexity index is 958. The van der Waals surface area contributed by atoms with Crippen molar-refractivity contribution >= 4 is 5.91 Å². The van der Waals surface area contributed by atoms with Crippen LogP contribution in [0.4, 0.5) is 0 Å². The second kappa shape index (κ2) is 8.75. The van der Waals surface area contributed by atoms with Crippen LogP contribution in [0.25, 0.3) is 0 Å². The summed E-state index contributed by atoms with van der Waals surface area (Å²) in [5, 5.41) is 9.08. The van der Waals surface area contributed by atoms with Crippen LogP contribution in [0.2, 0.25) is 0 Å². The Balaban J connectivity index is 1.67. The zero-order valence-corrected chi connectivity index (χ0v) is 16.3. The van der Waals surface area contributed by atoms with E-state index in [9.17, 15) is 9.59 Å². The number of aryl methyl sites for hydroxylation is 2. The molecular weight excluding hydrogens is 354 g/mol. The van der Waals surface area contributed by atoms with Gasteiger partial charge in [0.25, 0.3) is 11.5 Å². The molecule has 3 rings (SSSR count). The van der Waals surface area contributed by atoms with Crippen molar-refractivity contribution in [2.75, 3.05) is 20.2 Å². The summed E-state index contributed by atoms with van der Waals surface area (Å²) in [5.74, 6) is 1.18. The molecule has 0 radical (unpaired) electrons. The molecule has 2 heterocycles. The lowest BCUT2D eigenvalue weighted by Gasteiger charge is -2.33. The maximum Gasteiger partial charge on any atom is 0.266 e. The number of carbonyl (C=O) groups excluding carboxylic acids is 1. The van der Waals surface area contributed by atoms with Crippen molar-refractivity contribution in [2.45, 2.75) is 32.6 Å². The molecule has 1 saturated heterocycles. The number of rotatable bonds is 5. The number of piperidine rings is 1. The van der Waals surface area contributed by atoms with Gasteiger partial charge in [0, 0.05) is 18.8 Å². The fourth-order valence-electron chi connectivity index (χ4n) is 3.78. The highest BCUT2D eigenvalue weighted by Gasteiger charge is 2.26. The number of carbonyl (C=O) groups is 1. The van der Waals surface area contributed by atoms with Gasteiger partial charge < -0.3 is 14.6 Å². The molecule has 1 aromatic heterocycles. The largest absolute Gasteiger partial charge is 0.497 e. The minimum Gasteiger partial charge on any atom is -0.497 e. The van der Waals surface area contributed by atoms with Crippen LogP contribution in [0.5, 0.6) is 5.75 Å². The Kier molecular flexibility index (Phi) is 6.15. The number of methoxy groups -OCH3 is 1. The van der Waals surface area contributed by atoms with Crippen LogP contribution < -0.4 is 10.3 Å². The van der Waals surface area contributed by atoms with Crippen molar-refractivity contribution in [1.82, 2.24) is 9.88 Å². The third-order valence-corrected chi connectivity index (χ3v) is 5.37. The standard InChI is InChI=1S/C22H25N3O3/c1-15-20(12-18(13-23)21(26)24-15)22(27)25-10-4-6-17(14-25)9-8-16-5-3-7-19(11-16)28-2/h3,5,7,11-12,17H,4,6,8-10,14H2,1-2H3,(H,24,26)/t17-/m0/s1. The van der Waals surface area contributed by atoms with Crippen LogP contribution in [0, 0.1) is 24.2 Å². The number of nitriles is 1. The molecule has 1 amide bonds. The van der Waals surface area contributed by atoms with Crippen molar-refractivity contribution in [1.29, 1.82) is 5.26 Å². The van der Waals surface area contributed by atoms with Gasteiger partial charge in [-0.2, -0.15) is 5.26 Å². The first-order valence-electron chi connectivity index (χ1n) is 9.58. The van der Waals surface area contributed by atoms with Crippen molar-refractivity contribution in [3.05, 3.63) is 63.1 Å². The van der Waals surface area contributed by atoms with Crippen LogP contribution in [-0.2, 0) is 6.42 Å². The molecule has 6 nitrogen and oxygen atoms in total.